The molecule has 1 aliphatic heterocycles. The summed E-state index contributed by atoms with van der Waals surface area (Å²) in [4.78, 5) is 13.1. The zero-order chi connectivity index (χ0) is 12.4. The summed E-state index contributed by atoms with van der Waals surface area (Å²) < 4.78 is 1.90. The molecule has 1 aliphatic rings. The van der Waals surface area contributed by atoms with Crippen molar-refractivity contribution in [2.45, 2.75) is 45.8 Å². The van der Waals surface area contributed by atoms with Crippen LogP contribution in [0.5, 0.6) is 0 Å². The van der Waals surface area contributed by atoms with Crippen molar-refractivity contribution in [2.75, 3.05) is 6.54 Å². The smallest absolute Gasteiger partial charge is 0.320 e. The summed E-state index contributed by atoms with van der Waals surface area (Å²) in [7, 11) is 0. The van der Waals surface area contributed by atoms with Crippen LogP contribution in [-0.4, -0.2) is 38.3 Å². The molecule has 1 saturated heterocycles. The lowest BCUT2D eigenvalue weighted by Gasteiger charge is -2.20. The van der Waals surface area contributed by atoms with E-state index < -0.39 is 5.97 Å². The molecule has 0 aromatic carbocycles. The molecule has 17 heavy (non-hydrogen) atoms. The molecule has 2 rings (SSSR count). The molecule has 94 valence electrons. The molecule has 0 aliphatic carbocycles. The number of carbonyl (C=O) groups is 1. The third-order valence-corrected chi connectivity index (χ3v) is 3.39. The Morgan fingerprint density at radius 2 is 2.41 bits per heavy atom. The van der Waals surface area contributed by atoms with E-state index in [1.165, 1.54) is 0 Å². The summed E-state index contributed by atoms with van der Waals surface area (Å²) in [6, 6.07) is -0.320. The van der Waals surface area contributed by atoms with E-state index in [1.807, 2.05) is 29.6 Å². The van der Waals surface area contributed by atoms with Gasteiger partial charge >= 0.3 is 5.97 Å². The van der Waals surface area contributed by atoms with E-state index in [9.17, 15) is 4.79 Å². The van der Waals surface area contributed by atoms with Crippen LogP contribution in [0.15, 0.2) is 6.20 Å². The largest absolute Gasteiger partial charge is 0.480 e. The number of aliphatic carboxylic acids is 1. The Morgan fingerprint density at radius 3 is 3.00 bits per heavy atom. The molecule has 2 heterocycles. The van der Waals surface area contributed by atoms with Crippen LogP contribution in [0, 0.1) is 6.92 Å². The SMILES string of the molecule is CCn1cc(CN2CCC[C@H]2C(=O)O)c(C)n1. The van der Waals surface area contributed by atoms with E-state index in [2.05, 4.69) is 5.10 Å². The molecule has 0 unspecified atom stereocenters. The first-order valence-electron chi connectivity index (χ1n) is 6.11. The molecular weight excluding hydrogens is 218 g/mol. The van der Waals surface area contributed by atoms with Crippen molar-refractivity contribution >= 4 is 5.97 Å². The molecule has 5 heteroatoms. The van der Waals surface area contributed by atoms with Crippen molar-refractivity contribution in [1.29, 1.82) is 0 Å². The van der Waals surface area contributed by atoms with Gasteiger partial charge in [0, 0.05) is 24.8 Å². The fourth-order valence-corrected chi connectivity index (χ4v) is 2.39. The van der Waals surface area contributed by atoms with Crippen LogP contribution >= 0.6 is 0 Å². The first kappa shape index (κ1) is 12.1. The normalized spacial score (nSPS) is 20.9. The minimum absolute atomic E-state index is 0.320. The van der Waals surface area contributed by atoms with Gasteiger partial charge in [0.2, 0.25) is 0 Å². The zero-order valence-corrected chi connectivity index (χ0v) is 10.4. The summed E-state index contributed by atoms with van der Waals surface area (Å²) in [5, 5.41) is 13.5. The molecule has 1 aromatic rings. The molecule has 1 aromatic heterocycles. The second-order valence-corrected chi connectivity index (χ2v) is 4.56. The monoisotopic (exact) mass is 237 g/mol. The molecule has 1 atom stereocenters. The van der Waals surface area contributed by atoms with Crippen molar-refractivity contribution in [3.05, 3.63) is 17.5 Å². The summed E-state index contributed by atoms with van der Waals surface area (Å²) >= 11 is 0. The molecule has 0 bridgehead atoms. The van der Waals surface area contributed by atoms with Crippen molar-refractivity contribution in [1.82, 2.24) is 14.7 Å². The first-order chi connectivity index (χ1) is 8.11. The summed E-state index contributed by atoms with van der Waals surface area (Å²) in [6.45, 7) is 6.44. The van der Waals surface area contributed by atoms with Crippen LogP contribution < -0.4 is 0 Å². The van der Waals surface area contributed by atoms with Gasteiger partial charge in [-0.25, -0.2) is 0 Å². The second kappa shape index (κ2) is 4.87. The Bertz CT molecular complexity index is 414. The van der Waals surface area contributed by atoms with Gasteiger partial charge < -0.3 is 5.11 Å². The van der Waals surface area contributed by atoms with Gasteiger partial charge in [0.25, 0.3) is 0 Å². The van der Waals surface area contributed by atoms with Gasteiger partial charge in [-0.3, -0.25) is 14.4 Å². The lowest BCUT2D eigenvalue weighted by atomic mass is 10.2. The predicted molar refractivity (Wildman–Crippen MR) is 63.7 cm³/mol. The Labute approximate surface area is 101 Å². The standard InChI is InChI=1S/C12H19N3O2/c1-3-15-8-10(9(2)13-15)7-14-6-4-5-11(14)12(16)17/h8,11H,3-7H2,1-2H3,(H,16,17)/t11-/m0/s1. The van der Waals surface area contributed by atoms with Gasteiger partial charge in [0.15, 0.2) is 0 Å². The van der Waals surface area contributed by atoms with E-state index in [4.69, 9.17) is 5.11 Å². The number of carboxylic acids is 1. The van der Waals surface area contributed by atoms with Crippen molar-refractivity contribution in [2.24, 2.45) is 0 Å². The quantitative estimate of drug-likeness (QED) is 0.856. The van der Waals surface area contributed by atoms with E-state index in [0.717, 1.165) is 37.2 Å². The van der Waals surface area contributed by atoms with Gasteiger partial charge in [-0.1, -0.05) is 0 Å². The summed E-state index contributed by atoms with van der Waals surface area (Å²) in [6.07, 6.45) is 3.75. The number of carboxylic acid groups (broad SMARTS) is 1. The molecule has 0 radical (unpaired) electrons. The van der Waals surface area contributed by atoms with Crippen LogP contribution in [0.3, 0.4) is 0 Å². The Hall–Kier alpha value is -1.36. The zero-order valence-electron chi connectivity index (χ0n) is 10.4. The number of aryl methyl sites for hydroxylation is 2. The van der Waals surface area contributed by atoms with E-state index >= 15 is 0 Å². The maximum absolute atomic E-state index is 11.1. The second-order valence-electron chi connectivity index (χ2n) is 4.56. The summed E-state index contributed by atoms with van der Waals surface area (Å²) in [5.74, 6) is -0.706. The van der Waals surface area contributed by atoms with Crippen molar-refractivity contribution < 1.29 is 9.90 Å². The highest BCUT2D eigenvalue weighted by atomic mass is 16.4. The molecule has 0 saturated carbocycles. The maximum atomic E-state index is 11.1. The van der Waals surface area contributed by atoms with Gasteiger partial charge in [-0.2, -0.15) is 5.10 Å². The lowest BCUT2D eigenvalue weighted by molar-refractivity contribution is -0.142. The molecular formula is C12H19N3O2. The Kier molecular flexibility index (Phi) is 3.47. The maximum Gasteiger partial charge on any atom is 0.320 e. The van der Waals surface area contributed by atoms with Crippen LogP contribution in [0.2, 0.25) is 0 Å². The fraction of sp³-hybridized carbons (Fsp3) is 0.667. The van der Waals surface area contributed by atoms with Gasteiger partial charge in [0.1, 0.15) is 6.04 Å². The number of nitrogens with zero attached hydrogens (tertiary/aromatic N) is 3. The van der Waals surface area contributed by atoms with Gasteiger partial charge in [-0.15, -0.1) is 0 Å². The fourth-order valence-electron chi connectivity index (χ4n) is 2.39. The van der Waals surface area contributed by atoms with Gasteiger partial charge in [0.05, 0.1) is 5.69 Å². The highest BCUT2D eigenvalue weighted by molar-refractivity contribution is 5.73. The molecule has 1 fully saturated rings. The first-order valence-corrected chi connectivity index (χ1v) is 6.11. The average molecular weight is 237 g/mol. The lowest BCUT2D eigenvalue weighted by Crippen LogP contribution is -2.35. The molecule has 0 amide bonds. The van der Waals surface area contributed by atoms with Crippen LogP contribution in [0.4, 0.5) is 0 Å². The van der Waals surface area contributed by atoms with E-state index in [0.29, 0.717) is 6.54 Å². The number of hydrogen-bond donors (Lipinski definition) is 1. The third kappa shape index (κ3) is 2.49. The number of likely N-dealkylation sites (tertiary alicyclic amines) is 1. The molecule has 5 nitrogen and oxygen atoms in total. The number of aromatic nitrogens is 2. The minimum atomic E-state index is -0.706. The van der Waals surface area contributed by atoms with E-state index in [-0.39, 0.29) is 6.04 Å². The highest BCUT2D eigenvalue weighted by Crippen LogP contribution is 2.21. The number of hydrogen-bond acceptors (Lipinski definition) is 3. The van der Waals surface area contributed by atoms with Crippen molar-refractivity contribution in [3.63, 3.8) is 0 Å². The number of rotatable bonds is 4. The van der Waals surface area contributed by atoms with Crippen LogP contribution in [0.1, 0.15) is 31.0 Å². The highest BCUT2D eigenvalue weighted by Gasteiger charge is 2.30. The average Bonchev–Trinajstić information content (AvgIpc) is 2.87. The Balaban J connectivity index is 2.09. The molecule has 0 spiro atoms. The predicted octanol–water partition coefficient (Wildman–Crippen LogP) is 1.26. The Morgan fingerprint density at radius 1 is 1.65 bits per heavy atom. The van der Waals surface area contributed by atoms with Crippen LogP contribution in [-0.2, 0) is 17.9 Å². The molecule has 1 N–H and O–H groups in total. The van der Waals surface area contributed by atoms with E-state index in [1.54, 1.807) is 0 Å². The third-order valence-electron chi connectivity index (χ3n) is 3.39. The van der Waals surface area contributed by atoms with Crippen molar-refractivity contribution in [3.8, 4) is 0 Å². The topological polar surface area (TPSA) is 58.4 Å². The minimum Gasteiger partial charge on any atom is -0.480 e. The van der Waals surface area contributed by atoms with Gasteiger partial charge in [-0.05, 0) is 33.2 Å². The summed E-state index contributed by atoms with van der Waals surface area (Å²) in [5.41, 5.74) is 2.14. The van der Waals surface area contributed by atoms with Crippen LogP contribution in [0.25, 0.3) is 0 Å².